The SMILES string of the molecule is CCOc1ccc(Nc2nc(/C=C/c3ccc(Br)cc3)c([N+](=O)[O-])c(Nc3ccc(OCC)cc3)n2)cc1. The zero-order chi connectivity index (χ0) is 26.9. The molecule has 0 atom stereocenters. The molecule has 1 heterocycles. The summed E-state index contributed by atoms with van der Waals surface area (Å²) >= 11 is 3.41. The molecule has 0 aliphatic heterocycles. The van der Waals surface area contributed by atoms with Crippen molar-refractivity contribution in [3.63, 3.8) is 0 Å². The molecule has 0 saturated heterocycles. The van der Waals surface area contributed by atoms with Crippen LogP contribution >= 0.6 is 15.9 Å². The molecule has 10 heteroatoms. The first-order valence-electron chi connectivity index (χ1n) is 11.9. The average Bonchev–Trinajstić information content (AvgIpc) is 2.90. The van der Waals surface area contributed by atoms with Crippen molar-refractivity contribution in [3.8, 4) is 11.5 Å². The third-order valence-electron chi connectivity index (χ3n) is 5.25. The quantitative estimate of drug-likeness (QED) is 0.139. The maximum Gasteiger partial charge on any atom is 0.337 e. The normalized spacial score (nSPS) is 10.8. The van der Waals surface area contributed by atoms with Gasteiger partial charge in [0.05, 0.1) is 18.1 Å². The van der Waals surface area contributed by atoms with Crippen LogP contribution < -0.4 is 20.1 Å². The van der Waals surface area contributed by atoms with Crippen LogP contribution in [0, 0.1) is 10.1 Å². The lowest BCUT2D eigenvalue weighted by molar-refractivity contribution is -0.384. The second kappa shape index (κ2) is 12.7. The summed E-state index contributed by atoms with van der Waals surface area (Å²) < 4.78 is 11.9. The molecule has 0 radical (unpaired) electrons. The van der Waals surface area contributed by atoms with Crippen LogP contribution in [0.15, 0.2) is 77.3 Å². The summed E-state index contributed by atoms with van der Waals surface area (Å²) in [6.45, 7) is 4.92. The van der Waals surface area contributed by atoms with E-state index >= 15 is 0 Å². The minimum absolute atomic E-state index is 0.0538. The number of nitro groups is 1. The maximum atomic E-state index is 12.2. The van der Waals surface area contributed by atoms with Crippen LogP contribution in [0.5, 0.6) is 11.5 Å². The first-order valence-corrected chi connectivity index (χ1v) is 12.7. The van der Waals surface area contributed by atoms with Gasteiger partial charge in [0, 0.05) is 15.8 Å². The molecular formula is C28H26BrN5O4. The highest BCUT2D eigenvalue weighted by Crippen LogP contribution is 2.32. The summed E-state index contributed by atoms with van der Waals surface area (Å²) in [7, 11) is 0. The Hall–Kier alpha value is -4.44. The molecule has 9 nitrogen and oxygen atoms in total. The van der Waals surface area contributed by atoms with E-state index in [2.05, 4.69) is 36.5 Å². The summed E-state index contributed by atoms with van der Waals surface area (Å²) in [4.78, 5) is 20.6. The lowest BCUT2D eigenvalue weighted by Crippen LogP contribution is -2.07. The highest BCUT2D eigenvalue weighted by atomic mass is 79.9. The lowest BCUT2D eigenvalue weighted by atomic mass is 10.2. The van der Waals surface area contributed by atoms with E-state index in [0.717, 1.165) is 15.8 Å². The topological polar surface area (TPSA) is 111 Å². The highest BCUT2D eigenvalue weighted by Gasteiger charge is 2.24. The fourth-order valence-corrected chi connectivity index (χ4v) is 3.79. The Morgan fingerprint density at radius 3 is 1.89 bits per heavy atom. The van der Waals surface area contributed by atoms with Crippen molar-refractivity contribution in [2.45, 2.75) is 13.8 Å². The Labute approximate surface area is 228 Å². The molecule has 0 amide bonds. The number of hydrogen-bond donors (Lipinski definition) is 2. The molecule has 0 bridgehead atoms. The van der Waals surface area contributed by atoms with Gasteiger partial charge in [0.2, 0.25) is 11.8 Å². The van der Waals surface area contributed by atoms with E-state index in [-0.39, 0.29) is 23.1 Å². The summed E-state index contributed by atoms with van der Waals surface area (Å²) in [5.41, 5.74) is 2.09. The van der Waals surface area contributed by atoms with Gasteiger partial charge in [-0.2, -0.15) is 4.98 Å². The van der Waals surface area contributed by atoms with Gasteiger partial charge in [-0.05, 0) is 86.2 Å². The van der Waals surface area contributed by atoms with Crippen molar-refractivity contribution >= 4 is 56.9 Å². The lowest BCUT2D eigenvalue weighted by Gasteiger charge is -2.12. The van der Waals surface area contributed by atoms with Crippen molar-refractivity contribution < 1.29 is 14.4 Å². The first-order chi connectivity index (χ1) is 18.4. The zero-order valence-corrected chi connectivity index (χ0v) is 22.4. The van der Waals surface area contributed by atoms with Crippen molar-refractivity contribution in [1.82, 2.24) is 9.97 Å². The number of halogens is 1. The van der Waals surface area contributed by atoms with E-state index in [1.807, 2.05) is 62.4 Å². The number of anilines is 4. The smallest absolute Gasteiger partial charge is 0.337 e. The third kappa shape index (κ3) is 7.07. The van der Waals surface area contributed by atoms with Gasteiger partial charge >= 0.3 is 5.69 Å². The van der Waals surface area contributed by atoms with Crippen LogP contribution in [0.25, 0.3) is 12.2 Å². The van der Waals surface area contributed by atoms with Crippen LogP contribution in [0.4, 0.5) is 28.8 Å². The van der Waals surface area contributed by atoms with Crippen LogP contribution in [-0.2, 0) is 0 Å². The Bertz CT molecular complexity index is 1410. The van der Waals surface area contributed by atoms with Gasteiger partial charge in [-0.25, -0.2) is 4.98 Å². The molecule has 194 valence electrons. The van der Waals surface area contributed by atoms with Gasteiger partial charge in [-0.15, -0.1) is 0 Å². The molecule has 38 heavy (non-hydrogen) atoms. The van der Waals surface area contributed by atoms with Crippen molar-refractivity contribution in [3.05, 3.63) is 98.6 Å². The van der Waals surface area contributed by atoms with Crippen LogP contribution in [-0.4, -0.2) is 28.1 Å². The number of nitrogens with zero attached hydrogens (tertiary/aromatic N) is 3. The predicted molar refractivity (Wildman–Crippen MR) is 154 cm³/mol. The monoisotopic (exact) mass is 575 g/mol. The maximum absolute atomic E-state index is 12.2. The molecule has 0 saturated carbocycles. The molecule has 1 aromatic heterocycles. The van der Waals surface area contributed by atoms with Gasteiger partial charge < -0.3 is 20.1 Å². The van der Waals surface area contributed by atoms with Gasteiger partial charge in [0.1, 0.15) is 17.2 Å². The van der Waals surface area contributed by atoms with Crippen molar-refractivity contribution in [1.29, 1.82) is 0 Å². The standard InChI is InChI=1S/C28H26BrN5O4/c1-3-37-23-14-10-21(11-15-23)30-27-26(34(35)36)25(18-7-19-5-8-20(29)9-6-19)32-28(33-27)31-22-12-16-24(17-13-22)38-4-2/h5-18H,3-4H2,1-2H3,(H2,30,31,32,33)/b18-7+. The fourth-order valence-electron chi connectivity index (χ4n) is 3.53. The van der Waals surface area contributed by atoms with Crippen molar-refractivity contribution in [2.75, 3.05) is 23.8 Å². The Morgan fingerprint density at radius 2 is 1.37 bits per heavy atom. The first kappa shape index (κ1) is 26.6. The van der Waals surface area contributed by atoms with Gasteiger partial charge in [-0.1, -0.05) is 34.1 Å². The number of rotatable bonds is 11. The van der Waals surface area contributed by atoms with Crippen LogP contribution in [0.3, 0.4) is 0 Å². The molecule has 3 aromatic carbocycles. The van der Waals surface area contributed by atoms with E-state index < -0.39 is 4.92 Å². The van der Waals surface area contributed by atoms with E-state index in [9.17, 15) is 10.1 Å². The van der Waals surface area contributed by atoms with E-state index in [1.165, 1.54) is 0 Å². The number of aromatic nitrogens is 2. The second-order valence-corrected chi connectivity index (χ2v) is 8.85. The Morgan fingerprint density at radius 1 is 0.816 bits per heavy atom. The summed E-state index contributed by atoms with van der Waals surface area (Å²) in [5.74, 6) is 1.69. The molecule has 0 fully saturated rings. The van der Waals surface area contributed by atoms with E-state index in [1.54, 1.807) is 36.4 Å². The fraction of sp³-hybridized carbons (Fsp3) is 0.143. The number of hydrogen-bond acceptors (Lipinski definition) is 8. The molecule has 0 unspecified atom stereocenters. The minimum Gasteiger partial charge on any atom is -0.494 e. The summed E-state index contributed by atoms with van der Waals surface area (Å²) in [6.07, 6.45) is 3.37. The van der Waals surface area contributed by atoms with E-state index in [0.29, 0.717) is 30.3 Å². The highest BCUT2D eigenvalue weighted by molar-refractivity contribution is 9.10. The molecule has 4 rings (SSSR count). The number of benzene rings is 3. The molecule has 0 aliphatic carbocycles. The zero-order valence-electron chi connectivity index (χ0n) is 20.8. The Balaban J connectivity index is 1.73. The number of nitrogens with one attached hydrogen (secondary N) is 2. The average molecular weight is 576 g/mol. The van der Waals surface area contributed by atoms with Crippen LogP contribution in [0.2, 0.25) is 0 Å². The molecular weight excluding hydrogens is 550 g/mol. The molecule has 4 aromatic rings. The molecule has 2 N–H and O–H groups in total. The van der Waals surface area contributed by atoms with Gasteiger partial charge in [0.15, 0.2) is 0 Å². The van der Waals surface area contributed by atoms with Crippen molar-refractivity contribution in [2.24, 2.45) is 0 Å². The predicted octanol–water partition coefficient (Wildman–Crippen LogP) is 7.60. The minimum atomic E-state index is -0.487. The van der Waals surface area contributed by atoms with E-state index in [4.69, 9.17) is 9.47 Å². The largest absolute Gasteiger partial charge is 0.494 e. The molecule has 0 aliphatic rings. The summed E-state index contributed by atoms with van der Waals surface area (Å²) in [5, 5.41) is 18.4. The third-order valence-corrected chi connectivity index (χ3v) is 5.78. The number of ether oxygens (including phenoxy) is 2. The van der Waals surface area contributed by atoms with Gasteiger partial charge in [0.25, 0.3) is 0 Å². The Kier molecular flexibility index (Phi) is 8.89. The summed E-state index contributed by atoms with van der Waals surface area (Å²) in [6, 6.07) is 22.0. The van der Waals surface area contributed by atoms with Gasteiger partial charge in [-0.3, -0.25) is 10.1 Å². The van der Waals surface area contributed by atoms with Crippen LogP contribution in [0.1, 0.15) is 25.1 Å². The molecule has 0 spiro atoms. The second-order valence-electron chi connectivity index (χ2n) is 7.94.